The van der Waals surface area contributed by atoms with Crippen molar-refractivity contribution in [3.63, 3.8) is 0 Å². The number of carbonyl (C=O) groups excluding carboxylic acids is 1. The normalized spacial score (nSPS) is 10.7. The fourth-order valence-corrected chi connectivity index (χ4v) is 2.87. The summed E-state index contributed by atoms with van der Waals surface area (Å²) in [5.41, 5.74) is 2.54. The van der Waals surface area contributed by atoms with Gasteiger partial charge < -0.3 is 9.84 Å². The standard InChI is InChI=1S/C15H11BrIN3O5/c1-25-13-6-9(2-3-11(13)17)15(22)19-18-7-8-4-10(16)14(21)12(5-8)20(23)24/h2-7,21H,1H3,(H,19,22)/b18-7-. The molecule has 2 aromatic rings. The van der Waals surface area contributed by atoms with Crippen LogP contribution in [0.2, 0.25) is 0 Å². The Hall–Kier alpha value is -2.21. The van der Waals surface area contributed by atoms with Gasteiger partial charge in [-0.05, 0) is 62.8 Å². The molecule has 25 heavy (non-hydrogen) atoms. The number of hydrogen-bond acceptors (Lipinski definition) is 6. The lowest BCUT2D eigenvalue weighted by atomic mass is 10.2. The number of hydrogen-bond donors (Lipinski definition) is 2. The fourth-order valence-electron chi connectivity index (χ4n) is 1.85. The molecule has 1 amide bonds. The van der Waals surface area contributed by atoms with Crippen molar-refractivity contribution in [3.8, 4) is 11.5 Å². The van der Waals surface area contributed by atoms with Crippen molar-refractivity contribution in [2.75, 3.05) is 7.11 Å². The third-order valence-electron chi connectivity index (χ3n) is 3.06. The van der Waals surface area contributed by atoms with Crippen LogP contribution in [0.25, 0.3) is 0 Å². The number of nitro benzene ring substituents is 1. The van der Waals surface area contributed by atoms with E-state index in [1.807, 2.05) is 0 Å². The van der Waals surface area contributed by atoms with Gasteiger partial charge in [-0.1, -0.05) is 0 Å². The molecule has 0 aromatic heterocycles. The third kappa shape index (κ3) is 4.66. The summed E-state index contributed by atoms with van der Waals surface area (Å²) in [5, 5.41) is 24.3. The van der Waals surface area contributed by atoms with Crippen LogP contribution in [-0.4, -0.2) is 29.3 Å². The maximum absolute atomic E-state index is 12.1. The lowest BCUT2D eigenvalue weighted by Gasteiger charge is -2.05. The van der Waals surface area contributed by atoms with Gasteiger partial charge in [-0.25, -0.2) is 5.43 Å². The minimum atomic E-state index is -0.714. The van der Waals surface area contributed by atoms with E-state index in [-0.39, 0.29) is 4.47 Å². The van der Waals surface area contributed by atoms with Crippen molar-refractivity contribution < 1.29 is 19.6 Å². The summed E-state index contributed by atoms with van der Waals surface area (Å²) >= 11 is 5.11. The van der Waals surface area contributed by atoms with E-state index < -0.39 is 22.3 Å². The van der Waals surface area contributed by atoms with Crippen molar-refractivity contribution in [2.45, 2.75) is 0 Å². The number of nitrogens with zero attached hydrogens (tertiary/aromatic N) is 2. The van der Waals surface area contributed by atoms with Crippen LogP contribution in [0.3, 0.4) is 0 Å². The average molecular weight is 520 g/mol. The molecule has 0 aliphatic carbocycles. The number of phenolic OH excluding ortho intramolecular Hbond substituents is 1. The summed E-state index contributed by atoms with van der Waals surface area (Å²) in [5.74, 6) is -0.370. The maximum atomic E-state index is 12.1. The van der Waals surface area contributed by atoms with Crippen molar-refractivity contribution in [3.05, 3.63) is 59.6 Å². The molecule has 10 heteroatoms. The number of aromatic hydroxyl groups is 1. The number of nitro groups is 1. The number of ether oxygens (including phenoxy) is 1. The molecule has 8 nitrogen and oxygen atoms in total. The zero-order valence-electron chi connectivity index (χ0n) is 12.7. The first-order valence-corrected chi connectivity index (χ1v) is 8.54. The molecule has 0 aliphatic heterocycles. The molecule has 0 fully saturated rings. The van der Waals surface area contributed by atoms with E-state index >= 15 is 0 Å². The molecular formula is C15H11BrIN3O5. The SMILES string of the molecule is COc1cc(C(=O)N/N=C\c2cc(Br)c(O)c([N+](=O)[O-])c2)ccc1I. The smallest absolute Gasteiger partial charge is 0.312 e. The van der Waals surface area contributed by atoms with Gasteiger partial charge in [0, 0.05) is 17.2 Å². The van der Waals surface area contributed by atoms with Crippen LogP contribution in [0.15, 0.2) is 39.9 Å². The highest BCUT2D eigenvalue weighted by molar-refractivity contribution is 14.1. The van der Waals surface area contributed by atoms with E-state index in [9.17, 15) is 20.0 Å². The van der Waals surface area contributed by atoms with Crippen molar-refractivity contribution in [1.82, 2.24) is 5.43 Å². The third-order valence-corrected chi connectivity index (χ3v) is 4.55. The van der Waals surface area contributed by atoms with Crippen LogP contribution in [0.1, 0.15) is 15.9 Å². The Morgan fingerprint density at radius 2 is 2.16 bits per heavy atom. The van der Waals surface area contributed by atoms with Crippen LogP contribution in [0.5, 0.6) is 11.5 Å². The Morgan fingerprint density at radius 1 is 1.44 bits per heavy atom. The first kappa shape index (κ1) is 19.1. The Bertz CT molecular complexity index is 872. The van der Waals surface area contributed by atoms with E-state index in [1.165, 1.54) is 19.4 Å². The molecule has 0 aliphatic rings. The predicted molar refractivity (Wildman–Crippen MR) is 103 cm³/mol. The van der Waals surface area contributed by atoms with Gasteiger partial charge in [0.05, 0.1) is 26.3 Å². The quantitative estimate of drug-likeness (QED) is 0.272. The lowest BCUT2D eigenvalue weighted by Crippen LogP contribution is -2.17. The monoisotopic (exact) mass is 519 g/mol. The largest absolute Gasteiger partial charge is 0.501 e. The molecule has 0 radical (unpaired) electrons. The summed E-state index contributed by atoms with van der Waals surface area (Å²) in [4.78, 5) is 22.2. The van der Waals surface area contributed by atoms with Crippen molar-refractivity contribution >= 4 is 56.3 Å². The second kappa shape index (κ2) is 8.25. The Morgan fingerprint density at radius 3 is 2.80 bits per heavy atom. The number of nitrogens with one attached hydrogen (secondary N) is 1. The molecule has 2 aromatic carbocycles. The van der Waals surface area contributed by atoms with Gasteiger partial charge >= 0.3 is 5.69 Å². The van der Waals surface area contributed by atoms with Gasteiger partial charge in [-0.3, -0.25) is 14.9 Å². The number of carbonyl (C=O) groups is 1. The number of hydrazone groups is 1. The number of phenols is 1. The Labute approximate surface area is 164 Å². The highest BCUT2D eigenvalue weighted by Gasteiger charge is 2.17. The molecule has 0 spiro atoms. The summed E-state index contributed by atoms with van der Waals surface area (Å²) < 4.78 is 6.16. The van der Waals surface area contributed by atoms with Crippen molar-refractivity contribution in [1.29, 1.82) is 0 Å². The van der Waals surface area contributed by atoms with Gasteiger partial charge in [0.15, 0.2) is 0 Å². The van der Waals surface area contributed by atoms with Crippen LogP contribution in [0.4, 0.5) is 5.69 Å². The van der Waals surface area contributed by atoms with Gasteiger partial charge in [0.1, 0.15) is 5.75 Å². The second-order valence-electron chi connectivity index (χ2n) is 4.68. The molecular weight excluding hydrogens is 509 g/mol. The molecule has 130 valence electrons. The fraction of sp³-hybridized carbons (Fsp3) is 0.0667. The number of rotatable bonds is 5. The summed E-state index contributed by atoms with van der Waals surface area (Å²) in [6.07, 6.45) is 1.24. The number of methoxy groups -OCH3 is 1. The molecule has 0 unspecified atom stereocenters. The molecule has 2 rings (SSSR count). The van der Waals surface area contributed by atoms with E-state index in [2.05, 4.69) is 49.0 Å². The van der Waals surface area contributed by atoms with Crippen LogP contribution < -0.4 is 10.2 Å². The number of amides is 1. The summed E-state index contributed by atoms with van der Waals surface area (Å²) in [6, 6.07) is 7.51. The minimum Gasteiger partial charge on any atom is -0.501 e. The Kier molecular flexibility index (Phi) is 6.31. The average Bonchev–Trinajstić information content (AvgIpc) is 2.57. The first-order chi connectivity index (χ1) is 11.8. The highest BCUT2D eigenvalue weighted by atomic mass is 127. The zero-order chi connectivity index (χ0) is 18.6. The maximum Gasteiger partial charge on any atom is 0.312 e. The van der Waals surface area contributed by atoms with Crippen LogP contribution >= 0.6 is 38.5 Å². The van der Waals surface area contributed by atoms with Crippen LogP contribution in [-0.2, 0) is 0 Å². The van der Waals surface area contributed by atoms with Gasteiger partial charge in [0.25, 0.3) is 5.91 Å². The molecule has 2 N–H and O–H groups in total. The molecule has 0 atom stereocenters. The van der Waals surface area contributed by atoms with Gasteiger partial charge in [-0.2, -0.15) is 5.10 Å². The van der Waals surface area contributed by atoms with Gasteiger partial charge in [0.2, 0.25) is 5.75 Å². The van der Waals surface area contributed by atoms with E-state index in [1.54, 1.807) is 18.2 Å². The number of halogens is 2. The van der Waals surface area contributed by atoms with Crippen LogP contribution in [0, 0.1) is 13.7 Å². The minimum absolute atomic E-state index is 0.150. The molecule has 0 heterocycles. The topological polar surface area (TPSA) is 114 Å². The highest BCUT2D eigenvalue weighted by Crippen LogP contribution is 2.34. The summed E-state index contributed by atoms with van der Waals surface area (Å²) in [7, 11) is 1.51. The first-order valence-electron chi connectivity index (χ1n) is 6.67. The van der Waals surface area contributed by atoms with E-state index in [0.717, 1.165) is 9.64 Å². The molecule has 0 bridgehead atoms. The van der Waals surface area contributed by atoms with Gasteiger partial charge in [-0.15, -0.1) is 0 Å². The second-order valence-corrected chi connectivity index (χ2v) is 6.69. The molecule has 0 saturated carbocycles. The zero-order valence-corrected chi connectivity index (χ0v) is 16.4. The molecule has 0 saturated heterocycles. The predicted octanol–water partition coefficient (Wildman–Crippen LogP) is 3.44. The van der Waals surface area contributed by atoms with Crippen molar-refractivity contribution in [2.24, 2.45) is 5.10 Å². The summed E-state index contributed by atoms with van der Waals surface area (Å²) in [6.45, 7) is 0. The van der Waals surface area contributed by atoms with E-state index in [0.29, 0.717) is 16.9 Å². The number of benzene rings is 2. The lowest BCUT2D eigenvalue weighted by molar-refractivity contribution is -0.386. The Balaban J connectivity index is 2.16. The van der Waals surface area contributed by atoms with E-state index in [4.69, 9.17) is 4.74 Å².